The van der Waals surface area contributed by atoms with E-state index in [0.29, 0.717) is 4.22 Å². The summed E-state index contributed by atoms with van der Waals surface area (Å²) in [5, 5.41) is 4.96. The number of nitrogens with one attached hydrogen (secondary N) is 1. The van der Waals surface area contributed by atoms with Crippen LogP contribution in [0.5, 0.6) is 0 Å². The van der Waals surface area contributed by atoms with E-state index in [-0.39, 0.29) is 44.0 Å². The summed E-state index contributed by atoms with van der Waals surface area (Å²) in [4.78, 5) is 0. The molecule has 0 fully saturated rings. The third kappa shape index (κ3) is 3.40. The number of benzene rings is 1. The van der Waals surface area contributed by atoms with Gasteiger partial charge in [0.2, 0.25) is 0 Å². The van der Waals surface area contributed by atoms with Crippen molar-refractivity contribution in [2.45, 2.75) is 10.6 Å². The van der Waals surface area contributed by atoms with E-state index in [1.807, 2.05) is 0 Å². The predicted octanol–water partition coefficient (Wildman–Crippen LogP) is -1.94. The molecular formula is C17H16Cl2NPTi. The molecular weight excluding hydrogens is 368 g/mol. The molecule has 1 heterocycles. The SMILES string of the molecule is C1=CC[C]([Ti+2][CH]2C([PH]3=CNC=C3)=Cc3ccccc32)=C1.[Cl-].[Cl-]. The Hall–Kier alpha value is -0.426. The van der Waals surface area contributed by atoms with Gasteiger partial charge in [0.1, 0.15) is 0 Å². The van der Waals surface area contributed by atoms with E-state index in [4.69, 9.17) is 0 Å². The smallest absolute Gasteiger partial charge is 1.00 e. The molecule has 4 rings (SSSR count). The van der Waals surface area contributed by atoms with Crippen molar-refractivity contribution in [2.24, 2.45) is 0 Å². The summed E-state index contributed by atoms with van der Waals surface area (Å²) < 4.78 is 2.39. The number of halogens is 2. The van der Waals surface area contributed by atoms with E-state index in [9.17, 15) is 0 Å². The van der Waals surface area contributed by atoms with Crippen LogP contribution in [-0.4, -0.2) is 5.92 Å². The fraction of sp³-hybridized carbons (Fsp3) is 0.118. The molecule has 112 valence electrons. The maximum absolute atomic E-state index is 3.28. The molecule has 0 amide bonds. The van der Waals surface area contributed by atoms with Gasteiger partial charge in [0.05, 0.1) is 0 Å². The largest absolute Gasteiger partial charge is 1.00 e. The molecule has 0 saturated heterocycles. The van der Waals surface area contributed by atoms with Crippen LogP contribution in [0.2, 0.25) is 0 Å². The number of hydrogen-bond acceptors (Lipinski definition) is 1. The predicted molar refractivity (Wildman–Crippen MR) is 85.7 cm³/mol. The van der Waals surface area contributed by atoms with Crippen LogP contribution in [0, 0.1) is 0 Å². The van der Waals surface area contributed by atoms with Gasteiger partial charge in [0, 0.05) is 0 Å². The van der Waals surface area contributed by atoms with Gasteiger partial charge in [0.15, 0.2) is 0 Å². The van der Waals surface area contributed by atoms with Gasteiger partial charge in [-0.05, 0) is 0 Å². The minimum absolute atomic E-state index is 0. The molecule has 3 aliphatic rings. The minimum Gasteiger partial charge on any atom is -1.00 e. The molecule has 1 nitrogen and oxygen atoms in total. The fourth-order valence-corrected chi connectivity index (χ4v) is 8.14. The van der Waals surface area contributed by atoms with Crippen LogP contribution in [0.4, 0.5) is 0 Å². The van der Waals surface area contributed by atoms with Crippen molar-refractivity contribution in [3.63, 3.8) is 0 Å². The van der Waals surface area contributed by atoms with Crippen molar-refractivity contribution in [3.05, 3.63) is 74.8 Å². The van der Waals surface area contributed by atoms with Crippen molar-refractivity contribution >= 4 is 19.5 Å². The Morgan fingerprint density at radius 2 is 2.05 bits per heavy atom. The summed E-state index contributed by atoms with van der Waals surface area (Å²) in [5.74, 6) is 4.69. The molecule has 2 aliphatic carbocycles. The van der Waals surface area contributed by atoms with Crippen LogP contribution < -0.4 is 30.1 Å². The molecule has 0 spiro atoms. The first-order valence-electron chi connectivity index (χ1n) is 6.98. The van der Waals surface area contributed by atoms with Crippen LogP contribution in [0.15, 0.2) is 63.7 Å². The van der Waals surface area contributed by atoms with Crippen molar-refractivity contribution in [3.8, 4) is 0 Å². The summed E-state index contributed by atoms with van der Waals surface area (Å²) in [7, 11) is -0.617. The number of hydrogen-bond donors (Lipinski definition) is 1. The molecule has 2 unspecified atom stereocenters. The molecule has 5 heteroatoms. The summed E-state index contributed by atoms with van der Waals surface area (Å²) >= 11 is -0.109. The van der Waals surface area contributed by atoms with Crippen LogP contribution in [0.25, 0.3) is 6.08 Å². The zero-order valence-electron chi connectivity index (χ0n) is 11.9. The van der Waals surface area contributed by atoms with Gasteiger partial charge in [-0.15, -0.1) is 0 Å². The third-order valence-corrected chi connectivity index (χ3v) is 9.10. The molecule has 0 aromatic heterocycles. The van der Waals surface area contributed by atoms with E-state index in [0.717, 1.165) is 0 Å². The monoisotopic (exact) mass is 383 g/mol. The second kappa shape index (κ2) is 7.91. The van der Waals surface area contributed by atoms with Crippen LogP contribution >= 0.6 is 7.55 Å². The second-order valence-electron chi connectivity index (χ2n) is 5.23. The Morgan fingerprint density at radius 3 is 2.77 bits per heavy atom. The summed E-state index contributed by atoms with van der Waals surface area (Å²) in [6.07, 6.45) is 12.6. The zero-order chi connectivity index (χ0) is 13.4. The first kappa shape index (κ1) is 17.9. The zero-order valence-corrected chi connectivity index (χ0v) is 16.0. The van der Waals surface area contributed by atoms with Crippen LogP contribution in [-0.2, 0) is 19.2 Å². The van der Waals surface area contributed by atoms with Crippen molar-refractivity contribution < 1.29 is 44.0 Å². The van der Waals surface area contributed by atoms with Crippen molar-refractivity contribution in [1.82, 2.24) is 5.32 Å². The average Bonchev–Trinajstić information content (AvgIpc) is 3.19. The standard InChI is InChI=1S/C12H11NP.C5H5.2ClH.Ti/c1-2-4-11-8-12(7-10(11)3-1)14-6-5-13-9-14;1-2-4-5-3-1;;;/h1-9,13-14H;1-3H,4H2;2*1H;/q;;;;+2/p-2. The van der Waals surface area contributed by atoms with Gasteiger partial charge in [-0.1, -0.05) is 0 Å². The van der Waals surface area contributed by atoms with Gasteiger partial charge < -0.3 is 24.8 Å². The van der Waals surface area contributed by atoms with Gasteiger partial charge >= 0.3 is 129 Å². The third-order valence-electron chi connectivity index (χ3n) is 3.96. The number of rotatable bonds is 3. The van der Waals surface area contributed by atoms with E-state index in [1.54, 1.807) is 14.8 Å². The second-order valence-corrected chi connectivity index (χ2v) is 9.70. The first-order valence-corrected chi connectivity index (χ1v) is 10.3. The Balaban J connectivity index is 0.000000882. The molecule has 0 saturated carbocycles. The normalized spacial score (nSPS) is 23.3. The molecule has 0 radical (unpaired) electrons. The molecule has 1 aromatic rings. The number of allylic oxidation sites excluding steroid dienone is 5. The average molecular weight is 384 g/mol. The Bertz CT molecular complexity index is 719. The van der Waals surface area contributed by atoms with E-state index < -0.39 is 7.55 Å². The van der Waals surface area contributed by atoms with E-state index in [1.165, 1.54) is 12.0 Å². The Labute approximate surface area is 153 Å². The molecule has 1 aliphatic heterocycles. The fourth-order valence-electron chi connectivity index (χ4n) is 2.97. The quantitative estimate of drug-likeness (QED) is 0.473. The van der Waals surface area contributed by atoms with E-state index >= 15 is 0 Å². The van der Waals surface area contributed by atoms with Crippen molar-refractivity contribution in [2.75, 3.05) is 0 Å². The van der Waals surface area contributed by atoms with Gasteiger partial charge in [-0.3, -0.25) is 0 Å². The topological polar surface area (TPSA) is 12.0 Å². The Morgan fingerprint density at radius 1 is 1.18 bits per heavy atom. The van der Waals surface area contributed by atoms with Gasteiger partial charge in [-0.25, -0.2) is 0 Å². The number of fused-ring (bicyclic) bond motifs is 1. The minimum atomic E-state index is -0.617. The van der Waals surface area contributed by atoms with E-state index in [2.05, 4.69) is 71.8 Å². The summed E-state index contributed by atoms with van der Waals surface area (Å²) in [6, 6.07) is 8.97. The van der Waals surface area contributed by atoms with Crippen LogP contribution in [0.1, 0.15) is 21.8 Å². The molecule has 22 heavy (non-hydrogen) atoms. The first-order chi connectivity index (χ1) is 9.92. The molecule has 1 aromatic carbocycles. The maximum Gasteiger partial charge on any atom is -1.00 e. The van der Waals surface area contributed by atoms with Gasteiger partial charge in [0.25, 0.3) is 0 Å². The molecule has 0 bridgehead atoms. The summed E-state index contributed by atoms with van der Waals surface area (Å²) in [6.45, 7) is 0. The molecule has 1 N–H and O–H groups in total. The summed E-state index contributed by atoms with van der Waals surface area (Å²) in [5.41, 5.74) is 3.02. The van der Waals surface area contributed by atoms with Gasteiger partial charge in [-0.2, -0.15) is 0 Å². The van der Waals surface area contributed by atoms with Crippen LogP contribution in [0.3, 0.4) is 0 Å². The van der Waals surface area contributed by atoms with Crippen molar-refractivity contribution in [1.29, 1.82) is 0 Å². The Kier molecular flexibility index (Phi) is 6.44. The maximum atomic E-state index is 3.28. The molecule has 2 atom stereocenters.